The molecule has 0 aliphatic heterocycles. The summed E-state index contributed by atoms with van der Waals surface area (Å²) >= 11 is 0. The first-order valence-corrected chi connectivity index (χ1v) is 14.6. The van der Waals surface area contributed by atoms with Gasteiger partial charge in [-0.3, -0.25) is 4.79 Å². The smallest absolute Gasteiger partial charge is 0.305 e. The maximum Gasteiger partial charge on any atom is 0.305 e. The second-order valence-electron chi connectivity index (χ2n) is 10.8. The quantitative estimate of drug-likeness (QED) is 0.0582. The highest BCUT2D eigenvalue weighted by atomic mass is 17.0. The van der Waals surface area contributed by atoms with Crippen molar-refractivity contribution in [2.45, 2.75) is 88.9 Å². The number of aryl methyl sites for hydroxylation is 1. The highest BCUT2D eigenvalue weighted by Crippen LogP contribution is 2.38. The van der Waals surface area contributed by atoms with Crippen molar-refractivity contribution in [3.63, 3.8) is 0 Å². The molecular formula is C29H44N2O11. The Labute approximate surface area is 245 Å². The molecular weight excluding hydrogens is 552 g/mol. The number of esters is 1. The van der Waals surface area contributed by atoms with Crippen LogP contribution in [0, 0.1) is 38.0 Å². The van der Waals surface area contributed by atoms with E-state index in [-0.39, 0.29) is 50.9 Å². The Morgan fingerprint density at radius 3 is 2.38 bits per heavy atom. The van der Waals surface area contributed by atoms with Crippen LogP contribution in [0.15, 0.2) is 42.5 Å². The first-order valence-electron chi connectivity index (χ1n) is 14.6. The van der Waals surface area contributed by atoms with Gasteiger partial charge in [0, 0.05) is 12.3 Å². The lowest BCUT2D eigenvalue weighted by Crippen LogP contribution is -2.23. The molecule has 3 N–H and O–H groups in total. The van der Waals surface area contributed by atoms with Crippen LogP contribution in [0.5, 0.6) is 0 Å². The number of nitrogens with zero attached hydrogens (tertiary/aromatic N) is 2. The Morgan fingerprint density at radius 1 is 0.952 bits per heavy atom. The Bertz CT molecular complexity index is 962. The number of hydrogen-bond donors (Lipinski definition) is 3. The summed E-state index contributed by atoms with van der Waals surface area (Å²) in [6, 6.07) is 9.98. The van der Waals surface area contributed by atoms with Gasteiger partial charge < -0.3 is 29.7 Å². The number of benzene rings is 1. The van der Waals surface area contributed by atoms with Crippen molar-refractivity contribution < 1.29 is 44.7 Å². The minimum atomic E-state index is -0.946. The van der Waals surface area contributed by atoms with E-state index in [0.29, 0.717) is 44.9 Å². The zero-order chi connectivity index (χ0) is 30.7. The van der Waals surface area contributed by atoms with Crippen molar-refractivity contribution in [3.05, 3.63) is 68.3 Å². The minimum Gasteiger partial charge on any atom is -0.465 e. The maximum absolute atomic E-state index is 12.1. The molecule has 1 aromatic rings. The van der Waals surface area contributed by atoms with Gasteiger partial charge in [-0.25, -0.2) is 0 Å². The minimum absolute atomic E-state index is 0.0932. The van der Waals surface area contributed by atoms with Gasteiger partial charge in [-0.05, 0) is 81.6 Å². The van der Waals surface area contributed by atoms with Crippen molar-refractivity contribution in [1.29, 1.82) is 0 Å². The monoisotopic (exact) mass is 596 g/mol. The topological polar surface area (TPSA) is 192 Å². The summed E-state index contributed by atoms with van der Waals surface area (Å²) in [6.07, 6.45) is 7.56. The van der Waals surface area contributed by atoms with Crippen LogP contribution in [0.3, 0.4) is 0 Å². The van der Waals surface area contributed by atoms with Crippen LogP contribution in [-0.2, 0) is 25.6 Å². The fourth-order valence-electron chi connectivity index (χ4n) is 5.32. The second kappa shape index (κ2) is 19.8. The van der Waals surface area contributed by atoms with E-state index < -0.39 is 40.4 Å². The first kappa shape index (κ1) is 34.9. The Balaban J connectivity index is 1.66. The highest BCUT2D eigenvalue weighted by molar-refractivity contribution is 5.69. The van der Waals surface area contributed by atoms with Gasteiger partial charge in [0.05, 0.1) is 31.5 Å². The van der Waals surface area contributed by atoms with Crippen LogP contribution >= 0.6 is 0 Å². The number of rotatable bonds is 22. The van der Waals surface area contributed by atoms with E-state index in [9.17, 15) is 40.3 Å². The van der Waals surface area contributed by atoms with Crippen molar-refractivity contribution in [2.24, 2.45) is 17.8 Å². The van der Waals surface area contributed by atoms with Crippen LogP contribution in [0.1, 0.15) is 69.8 Å². The van der Waals surface area contributed by atoms with Crippen LogP contribution in [0.25, 0.3) is 0 Å². The van der Waals surface area contributed by atoms with Crippen molar-refractivity contribution >= 4 is 5.97 Å². The molecule has 0 saturated heterocycles. The standard InChI is InChI=1S/C29H44N2O11/c32-24(15-14-22-9-4-3-5-10-22)16-17-26-25(27(33)19-28(26)34)12-6-1-2-7-13-29(35)40-20-23(21-42-31(38)39)11-8-18-41-30(36)37/h1,3-6,9-10,23-28,32-34H,2,7-8,11-21H2/t23?,24-,25+,26+,27-,28+/m0/s1. The maximum atomic E-state index is 12.1. The van der Waals surface area contributed by atoms with E-state index >= 15 is 0 Å². The lowest BCUT2D eigenvalue weighted by atomic mass is 9.85. The van der Waals surface area contributed by atoms with Crippen molar-refractivity contribution in [1.82, 2.24) is 0 Å². The molecule has 0 heterocycles. The number of allylic oxidation sites excluding steroid dienone is 2. The predicted octanol–water partition coefficient (Wildman–Crippen LogP) is 3.59. The van der Waals surface area contributed by atoms with Crippen LogP contribution < -0.4 is 0 Å². The second-order valence-corrected chi connectivity index (χ2v) is 10.8. The van der Waals surface area contributed by atoms with Crippen molar-refractivity contribution in [2.75, 3.05) is 19.8 Å². The van der Waals surface area contributed by atoms with E-state index in [0.717, 1.165) is 6.42 Å². The Hall–Kier alpha value is -3.29. The molecule has 13 heteroatoms. The van der Waals surface area contributed by atoms with Crippen LogP contribution in [-0.4, -0.2) is 69.6 Å². The molecule has 1 aliphatic rings. The number of unbranched alkanes of at least 4 members (excludes halogenated alkanes) is 1. The normalized spacial score (nSPS) is 21.6. The number of ether oxygens (including phenoxy) is 1. The molecule has 0 radical (unpaired) electrons. The SMILES string of the molecule is O=C(CCCC=CC[C@@H]1[C@@H](CC[C@@H](O)CCc2ccccc2)[C@H](O)C[C@@H]1O)OCC(CCCO[N+](=O)[O-])CO[N+](=O)[O-]. The fraction of sp³-hybridized carbons (Fsp3) is 0.690. The summed E-state index contributed by atoms with van der Waals surface area (Å²) in [7, 11) is 0. The molecule has 2 rings (SSSR count). The molecule has 0 aromatic heterocycles. The van der Waals surface area contributed by atoms with E-state index in [1.807, 2.05) is 42.5 Å². The van der Waals surface area contributed by atoms with Crippen molar-refractivity contribution in [3.8, 4) is 0 Å². The molecule has 0 bridgehead atoms. The fourth-order valence-corrected chi connectivity index (χ4v) is 5.32. The lowest BCUT2D eigenvalue weighted by Gasteiger charge is -2.23. The lowest BCUT2D eigenvalue weighted by molar-refractivity contribution is -0.760. The zero-order valence-electron chi connectivity index (χ0n) is 23.9. The van der Waals surface area contributed by atoms with E-state index in [1.54, 1.807) is 0 Å². The molecule has 0 spiro atoms. The third-order valence-corrected chi connectivity index (χ3v) is 7.64. The number of carbonyl (C=O) groups is 1. The Kier molecular flexibility index (Phi) is 16.4. The average Bonchev–Trinajstić information content (AvgIpc) is 3.23. The van der Waals surface area contributed by atoms with Gasteiger partial charge in [0.25, 0.3) is 10.2 Å². The van der Waals surface area contributed by atoms with Gasteiger partial charge in [0.2, 0.25) is 0 Å². The molecule has 1 aromatic carbocycles. The number of aliphatic hydroxyl groups is 3. The van der Waals surface area contributed by atoms with Gasteiger partial charge in [-0.1, -0.05) is 42.5 Å². The summed E-state index contributed by atoms with van der Waals surface area (Å²) in [4.78, 5) is 41.4. The zero-order valence-corrected chi connectivity index (χ0v) is 23.9. The number of aliphatic hydroxyl groups excluding tert-OH is 3. The molecule has 1 saturated carbocycles. The summed E-state index contributed by atoms with van der Waals surface area (Å²) in [6.45, 7) is -0.571. The number of hydrogen-bond acceptors (Lipinski definition) is 11. The third-order valence-electron chi connectivity index (χ3n) is 7.64. The molecule has 6 atom stereocenters. The summed E-state index contributed by atoms with van der Waals surface area (Å²) < 4.78 is 5.21. The number of carbonyl (C=O) groups excluding carboxylic acids is 1. The largest absolute Gasteiger partial charge is 0.465 e. The van der Waals surface area contributed by atoms with Gasteiger partial charge >= 0.3 is 5.97 Å². The van der Waals surface area contributed by atoms with Gasteiger partial charge in [-0.2, -0.15) is 0 Å². The molecule has 42 heavy (non-hydrogen) atoms. The van der Waals surface area contributed by atoms with Gasteiger partial charge in [0.15, 0.2) is 0 Å². The molecule has 0 amide bonds. The summed E-state index contributed by atoms with van der Waals surface area (Å²) in [5, 5.41) is 50.3. The predicted molar refractivity (Wildman–Crippen MR) is 151 cm³/mol. The molecule has 13 nitrogen and oxygen atoms in total. The third kappa shape index (κ3) is 14.6. The summed E-state index contributed by atoms with van der Waals surface area (Å²) in [5.74, 6) is -1.15. The molecule has 1 fully saturated rings. The van der Waals surface area contributed by atoms with E-state index in [4.69, 9.17) is 4.74 Å². The van der Waals surface area contributed by atoms with Crippen LogP contribution in [0.4, 0.5) is 0 Å². The molecule has 1 unspecified atom stereocenters. The Morgan fingerprint density at radius 2 is 1.67 bits per heavy atom. The molecule has 236 valence electrons. The average molecular weight is 597 g/mol. The van der Waals surface area contributed by atoms with Crippen LogP contribution in [0.2, 0.25) is 0 Å². The summed E-state index contributed by atoms with van der Waals surface area (Å²) in [5.41, 5.74) is 1.17. The van der Waals surface area contributed by atoms with Gasteiger partial charge in [0.1, 0.15) is 6.61 Å². The molecule has 1 aliphatic carbocycles. The first-order chi connectivity index (χ1) is 20.2. The van der Waals surface area contributed by atoms with Gasteiger partial charge in [-0.15, -0.1) is 20.2 Å². The van der Waals surface area contributed by atoms with E-state index in [2.05, 4.69) is 9.68 Å². The van der Waals surface area contributed by atoms with E-state index in [1.165, 1.54) is 5.56 Å². The highest BCUT2D eigenvalue weighted by Gasteiger charge is 2.40.